The first-order chi connectivity index (χ1) is 9.24. The number of likely N-dealkylation sites (N-methyl/N-ethyl adjacent to an activating group) is 1. The third-order valence-electron chi connectivity index (χ3n) is 3.20. The SMILES string of the molecule is CCN(CC(F)(F)F)c1ccc2c(c1)N(C)C(=O)C2=O. The van der Waals surface area contributed by atoms with E-state index in [-0.39, 0.29) is 12.1 Å². The van der Waals surface area contributed by atoms with Crippen LogP contribution in [0.3, 0.4) is 0 Å². The Morgan fingerprint density at radius 1 is 1.25 bits per heavy atom. The monoisotopic (exact) mass is 286 g/mol. The van der Waals surface area contributed by atoms with Crippen LogP contribution in [0.5, 0.6) is 0 Å². The number of Topliss-reactive ketones (excluding diaryl/α,β-unsaturated/α-hetero) is 1. The highest BCUT2D eigenvalue weighted by Crippen LogP contribution is 2.32. The van der Waals surface area contributed by atoms with Crippen LogP contribution in [0, 0.1) is 0 Å². The fourth-order valence-electron chi connectivity index (χ4n) is 2.17. The second-order valence-electron chi connectivity index (χ2n) is 4.52. The Morgan fingerprint density at radius 3 is 2.45 bits per heavy atom. The van der Waals surface area contributed by atoms with Crippen molar-refractivity contribution < 1.29 is 22.8 Å². The maximum absolute atomic E-state index is 12.5. The van der Waals surface area contributed by atoms with Crippen molar-refractivity contribution in [3.63, 3.8) is 0 Å². The fraction of sp³-hybridized carbons (Fsp3) is 0.385. The molecule has 0 spiro atoms. The number of fused-ring (bicyclic) bond motifs is 1. The molecule has 20 heavy (non-hydrogen) atoms. The van der Waals surface area contributed by atoms with E-state index >= 15 is 0 Å². The smallest absolute Gasteiger partial charge is 0.363 e. The Labute approximate surface area is 113 Å². The molecule has 7 heteroatoms. The fourth-order valence-corrected chi connectivity index (χ4v) is 2.17. The van der Waals surface area contributed by atoms with Crippen molar-refractivity contribution in [1.29, 1.82) is 0 Å². The molecular weight excluding hydrogens is 273 g/mol. The molecule has 108 valence electrons. The Kier molecular flexibility index (Phi) is 3.45. The Hall–Kier alpha value is -2.05. The van der Waals surface area contributed by atoms with Crippen molar-refractivity contribution >= 4 is 23.1 Å². The first kappa shape index (κ1) is 14.4. The molecule has 1 amide bonds. The number of hydrogen-bond acceptors (Lipinski definition) is 3. The number of anilines is 2. The molecule has 0 radical (unpaired) electrons. The number of carbonyl (C=O) groups excluding carboxylic acids is 2. The van der Waals surface area contributed by atoms with Crippen molar-refractivity contribution in [3.8, 4) is 0 Å². The Balaban J connectivity index is 2.37. The number of rotatable bonds is 3. The van der Waals surface area contributed by atoms with Crippen LogP contribution in [0.4, 0.5) is 24.5 Å². The van der Waals surface area contributed by atoms with Gasteiger partial charge in [-0.2, -0.15) is 13.2 Å². The molecule has 1 heterocycles. The molecule has 1 aromatic rings. The van der Waals surface area contributed by atoms with Crippen LogP contribution < -0.4 is 9.80 Å². The second kappa shape index (κ2) is 4.81. The zero-order chi connectivity index (χ0) is 15.1. The van der Waals surface area contributed by atoms with E-state index in [0.29, 0.717) is 11.4 Å². The quantitative estimate of drug-likeness (QED) is 0.800. The van der Waals surface area contributed by atoms with Crippen LogP contribution in [0.2, 0.25) is 0 Å². The van der Waals surface area contributed by atoms with Crippen LogP contribution in [-0.2, 0) is 4.79 Å². The molecule has 0 saturated heterocycles. The lowest BCUT2D eigenvalue weighted by Gasteiger charge is -2.25. The summed E-state index contributed by atoms with van der Waals surface area (Å²) in [5.41, 5.74) is 0.903. The number of ketones is 1. The van der Waals surface area contributed by atoms with E-state index < -0.39 is 24.4 Å². The van der Waals surface area contributed by atoms with Gasteiger partial charge in [-0.05, 0) is 25.1 Å². The van der Waals surface area contributed by atoms with Gasteiger partial charge in [-0.3, -0.25) is 9.59 Å². The summed E-state index contributed by atoms with van der Waals surface area (Å²) < 4.78 is 37.5. The molecule has 0 fully saturated rings. The lowest BCUT2D eigenvalue weighted by molar-refractivity contribution is -0.119. The maximum atomic E-state index is 12.5. The largest absolute Gasteiger partial charge is 0.405 e. The van der Waals surface area contributed by atoms with Gasteiger partial charge in [-0.25, -0.2) is 0 Å². The summed E-state index contributed by atoms with van der Waals surface area (Å²) in [6, 6.07) is 4.26. The number of carbonyl (C=O) groups is 2. The van der Waals surface area contributed by atoms with Gasteiger partial charge in [0.1, 0.15) is 6.54 Å². The lowest BCUT2D eigenvalue weighted by atomic mass is 10.1. The van der Waals surface area contributed by atoms with E-state index in [4.69, 9.17) is 0 Å². The molecule has 1 aromatic carbocycles. The number of benzene rings is 1. The van der Waals surface area contributed by atoms with E-state index in [1.165, 1.54) is 25.2 Å². The minimum absolute atomic E-state index is 0.171. The average Bonchev–Trinajstić information content (AvgIpc) is 2.60. The zero-order valence-electron chi connectivity index (χ0n) is 11.0. The number of nitrogens with zero attached hydrogens (tertiary/aromatic N) is 2. The van der Waals surface area contributed by atoms with Gasteiger partial charge in [-0.15, -0.1) is 0 Å². The Morgan fingerprint density at radius 2 is 1.90 bits per heavy atom. The summed E-state index contributed by atoms with van der Waals surface area (Å²) in [7, 11) is 1.43. The predicted molar refractivity (Wildman–Crippen MR) is 68.1 cm³/mol. The third kappa shape index (κ3) is 2.48. The van der Waals surface area contributed by atoms with Gasteiger partial charge < -0.3 is 9.80 Å². The van der Waals surface area contributed by atoms with Crippen molar-refractivity contribution in [2.45, 2.75) is 13.1 Å². The van der Waals surface area contributed by atoms with Gasteiger partial charge in [0.2, 0.25) is 0 Å². The summed E-state index contributed by atoms with van der Waals surface area (Å²) >= 11 is 0. The van der Waals surface area contributed by atoms with E-state index in [0.717, 1.165) is 9.80 Å². The highest BCUT2D eigenvalue weighted by Gasteiger charge is 2.35. The molecule has 0 unspecified atom stereocenters. The molecule has 0 atom stereocenters. The molecule has 0 bridgehead atoms. The maximum Gasteiger partial charge on any atom is 0.405 e. The molecule has 4 nitrogen and oxygen atoms in total. The molecule has 2 rings (SSSR count). The molecule has 0 saturated carbocycles. The number of amides is 1. The molecule has 0 aromatic heterocycles. The summed E-state index contributed by atoms with van der Waals surface area (Å²) in [5, 5.41) is 0. The highest BCUT2D eigenvalue weighted by molar-refractivity contribution is 6.52. The van der Waals surface area contributed by atoms with E-state index in [1.807, 2.05) is 0 Å². The van der Waals surface area contributed by atoms with E-state index in [2.05, 4.69) is 0 Å². The normalized spacial score (nSPS) is 14.8. The summed E-state index contributed by atoms with van der Waals surface area (Å²) in [6.07, 6.45) is -4.31. The van der Waals surface area contributed by atoms with Gasteiger partial charge in [0.05, 0.1) is 11.3 Å². The Bertz CT molecular complexity index is 569. The molecule has 0 N–H and O–H groups in total. The van der Waals surface area contributed by atoms with E-state index in [9.17, 15) is 22.8 Å². The third-order valence-corrected chi connectivity index (χ3v) is 3.20. The average molecular weight is 286 g/mol. The van der Waals surface area contributed by atoms with Crippen molar-refractivity contribution in [1.82, 2.24) is 0 Å². The first-order valence-electron chi connectivity index (χ1n) is 6.02. The molecular formula is C13H13F3N2O2. The van der Waals surface area contributed by atoms with Crippen molar-refractivity contribution in [2.75, 3.05) is 29.9 Å². The number of alkyl halides is 3. The number of hydrogen-bond donors (Lipinski definition) is 0. The lowest BCUT2D eigenvalue weighted by Crippen LogP contribution is -2.34. The van der Waals surface area contributed by atoms with Crippen molar-refractivity contribution in [3.05, 3.63) is 23.8 Å². The zero-order valence-corrected chi connectivity index (χ0v) is 11.0. The first-order valence-corrected chi connectivity index (χ1v) is 6.02. The van der Waals surface area contributed by atoms with Gasteiger partial charge in [0, 0.05) is 19.3 Å². The van der Waals surface area contributed by atoms with Gasteiger partial charge in [0.15, 0.2) is 0 Å². The van der Waals surface area contributed by atoms with Crippen LogP contribution >= 0.6 is 0 Å². The van der Waals surface area contributed by atoms with Crippen LogP contribution in [0.15, 0.2) is 18.2 Å². The van der Waals surface area contributed by atoms with Gasteiger partial charge in [-0.1, -0.05) is 0 Å². The number of halogens is 3. The van der Waals surface area contributed by atoms with Crippen LogP contribution in [0.25, 0.3) is 0 Å². The van der Waals surface area contributed by atoms with Gasteiger partial charge >= 0.3 is 6.18 Å². The molecule has 0 aliphatic carbocycles. The van der Waals surface area contributed by atoms with Crippen LogP contribution in [0.1, 0.15) is 17.3 Å². The second-order valence-corrected chi connectivity index (χ2v) is 4.52. The highest BCUT2D eigenvalue weighted by atomic mass is 19.4. The molecule has 1 aliphatic rings. The predicted octanol–water partition coefficient (Wildman–Crippen LogP) is 2.23. The summed E-state index contributed by atoms with van der Waals surface area (Å²) in [4.78, 5) is 25.4. The van der Waals surface area contributed by atoms with E-state index in [1.54, 1.807) is 6.92 Å². The molecule has 1 aliphatic heterocycles. The minimum Gasteiger partial charge on any atom is -0.363 e. The standard InChI is InChI=1S/C13H13F3N2O2/c1-3-18(7-13(14,15)16)8-4-5-9-10(6-8)17(2)12(20)11(9)19/h4-6H,3,7H2,1-2H3. The topological polar surface area (TPSA) is 40.6 Å². The minimum atomic E-state index is -4.31. The van der Waals surface area contributed by atoms with Crippen LogP contribution in [-0.4, -0.2) is 38.0 Å². The summed E-state index contributed by atoms with van der Waals surface area (Å²) in [5.74, 6) is -1.30. The van der Waals surface area contributed by atoms with Crippen molar-refractivity contribution in [2.24, 2.45) is 0 Å². The summed E-state index contributed by atoms with van der Waals surface area (Å²) in [6.45, 7) is 0.705. The van der Waals surface area contributed by atoms with Gasteiger partial charge in [0.25, 0.3) is 11.7 Å².